The van der Waals surface area contributed by atoms with Crippen LogP contribution in [0.5, 0.6) is 0 Å². The predicted octanol–water partition coefficient (Wildman–Crippen LogP) is 6.61. The molecule has 0 spiro atoms. The zero-order valence-corrected chi connectivity index (χ0v) is 21.3. The minimum atomic E-state index is -0.780. The molecule has 6 nitrogen and oxygen atoms in total. The second kappa shape index (κ2) is 9.13. The number of anilines is 1. The van der Waals surface area contributed by atoms with E-state index in [0.717, 1.165) is 26.8 Å². The number of thiazole rings is 1. The Morgan fingerprint density at radius 3 is 2.56 bits per heavy atom. The van der Waals surface area contributed by atoms with Crippen molar-refractivity contribution in [2.75, 3.05) is 11.4 Å². The molecule has 0 fully saturated rings. The Hall–Kier alpha value is -3.59. The molecule has 1 aliphatic heterocycles. The van der Waals surface area contributed by atoms with Crippen LogP contribution in [0.4, 0.5) is 19.4 Å². The summed E-state index contributed by atoms with van der Waals surface area (Å²) < 4.78 is 36.6. The molecule has 0 unspecified atom stereocenters. The van der Waals surface area contributed by atoms with Crippen molar-refractivity contribution in [1.82, 2.24) is 14.5 Å². The molecule has 5 rings (SSSR count). The highest BCUT2D eigenvalue weighted by Gasteiger charge is 2.32. The summed E-state index contributed by atoms with van der Waals surface area (Å²) in [7, 11) is 0. The zero-order valence-electron chi connectivity index (χ0n) is 20.5. The number of benzene rings is 1. The Labute approximate surface area is 212 Å². The smallest absolute Gasteiger partial charge is 0.419 e. The predicted molar refractivity (Wildman–Crippen MR) is 136 cm³/mol. The molecule has 0 radical (unpaired) electrons. The van der Waals surface area contributed by atoms with E-state index in [4.69, 9.17) is 9.72 Å². The van der Waals surface area contributed by atoms with Gasteiger partial charge in [0.25, 0.3) is 0 Å². The average molecular weight is 509 g/mol. The minimum Gasteiger partial charge on any atom is -0.443 e. The van der Waals surface area contributed by atoms with Crippen LogP contribution >= 0.6 is 11.3 Å². The normalized spacial score (nSPS) is 13.6. The monoisotopic (exact) mass is 508 g/mol. The van der Waals surface area contributed by atoms with Crippen LogP contribution < -0.4 is 4.90 Å². The third-order valence-corrected chi connectivity index (χ3v) is 6.97. The number of nitrogens with zero attached hydrogens (tertiary/aromatic N) is 4. The van der Waals surface area contributed by atoms with Gasteiger partial charge in [0.15, 0.2) is 0 Å². The molecule has 36 heavy (non-hydrogen) atoms. The van der Waals surface area contributed by atoms with E-state index in [9.17, 15) is 13.6 Å². The number of ether oxygens (including phenoxy) is 1. The van der Waals surface area contributed by atoms with Gasteiger partial charge < -0.3 is 9.64 Å². The maximum atomic E-state index is 14.8. The van der Waals surface area contributed by atoms with Crippen LogP contribution in [0.1, 0.15) is 36.9 Å². The highest BCUT2D eigenvalue weighted by Crippen LogP contribution is 2.37. The molecule has 3 aromatic heterocycles. The number of hydrogen-bond donors (Lipinski definition) is 0. The highest BCUT2D eigenvalue weighted by atomic mass is 32.1. The van der Waals surface area contributed by atoms with Gasteiger partial charge in [0.1, 0.15) is 28.1 Å². The quantitative estimate of drug-likeness (QED) is 0.312. The molecule has 4 aromatic rings. The van der Waals surface area contributed by atoms with Crippen molar-refractivity contribution in [3.8, 4) is 21.8 Å². The molecule has 9 heteroatoms. The van der Waals surface area contributed by atoms with Crippen LogP contribution in [-0.2, 0) is 17.7 Å². The summed E-state index contributed by atoms with van der Waals surface area (Å²) in [5.41, 5.74) is 1.56. The van der Waals surface area contributed by atoms with Gasteiger partial charge >= 0.3 is 6.09 Å². The largest absolute Gasteiger partial charge is 0.443 e. The molecule has 186 valence electrons. The van der Waals surface area contributed by atoms with Crippen LogP contribution in [0.15, 0.2) is 48.8 Å². The fourth-order valence-electron chi connectivity index (χ4n) is 4.42. The van der Waals surface area contributed by atoms with Crippen molar-refractivity contribution in [3.05, 3.63) is 76.6 Å². The number of aryl methyl sites for hydroxylation is 1. The maximum Gasteiger partial charge on any atom is 0.419 e. The SMILES string of the molecule is Cc1sc(-c2cccnc2)nc1N1CCc2cc(-c3c(F)cccc3F)n(C(=O)OC(C)(C)C)c2C1. The standard InChI is InChI=1S/C27H26F2N4O2S/c1-16-24(31-25(36-16)18-7-6-11-30-14-18)32-12-10-17-13-21(23-19(28)8-5-9-20(23)29)33(22(17)15-32)26(34)35-27(2,3)4/h5-9,11,13-14H,10,12,15H2,1-4H3. The number of fused-ring (bicyclic) bond motifs is 1. The van der Waals surface area contributed by atoms with Crippen molar-refractivity contribution < 1.29 is 18.3 Å². The summed E-state index contributed by atoms with van der Waals surface area (Å²) in [5, 5.41) is 0.859. The van der Waals surface area contributed by atoms with Crippen molar-refractivity contribution in [3.63, 3.8) is 0 Å². The highest BCUT2D eigenvalue weighted by molar-refractivity contribution is 7.15. The number of carbonyl (C=O) groups is 1. The van der Waals surface area contributed by atoms with E-state index in [1.807, 2.05) is 19.1 Å². The van der Waals surface area contributed by atoms with Gasteiger partial charge in [0.05, 0.1) is 23.5 Å². The molecule has 1 aromatic carbocycles. The average Bonchev–Trinajstić information content (AvgIpc) is 3.38. The van der Waals surface area contributed by atoms with E-state index in [0.29, 0.717) is 25.2 Å². The summed E-state index contributed by atoms with van der Waals surface area (Å²) in [5.74, 6) is -0.647. The summed E-state index contributed by atoms with van der Waals surface area (Å²) in [6.45, 7) is 8.29. The Bertz CT molecular complexity index is 1420. The van der Waals surface area contributed by atoms with Crippen LogP contribution in [0, 0.1) is 18.6 Å². The Morgan fingerprint density at radius 2 is 1.89 bits per heavy atom. The van der Waals surface area contributed by atoms with Crippen molar-refractivity contribution in [1.29, 1.82) is 0 Å². The first-order valence-corrected chi connectivity index (χ1v) is 12.5. The maximum absolute atomic E-state index is 14.8. The van der Waals surface area contributed by atoms with Crippen molar-refractivity contribution >= 4 is 23.2 Å². The van der Waals surface area contributed by atoms with E-state index >= 15 is 0 Å². The molecule has 1 aliphatic rings. The molecule has 4 heterocycles. The van der Waals surface area contributed by atoms with Gasteiger partial charge in [0, 0.05) is 29.4 Å². The summed E-state index contributed by atoms with van der Waals surface area (Å²) >= 11 is 1.58. The Morgan fingerprint density at radius 1 is 1.14 bits per heavy atom. The zero-order chi connectivity index (χ0) is 25.6. The van der Waals surface area contributed by atoms with Crippen LogP contribution in [0.25, 0.3) is 21.8 Å². The lowest BCUT2D eigenvalue weighted by atomic mass is 10.1. The van der Waals surface area contributed by atoms with Gasteiger partial charge in [-0.1, -0.05) is 6.07 Å². The van der Waals surface area contributed by atoms with E-state index in [2.05, 4.69) is 9.88 Å². The first-order chi connectivity index (χ1) is 17.1. The van der Waals surface area contributed by atoms with Gasteiger partial charge in [-0.3, -0.25) is 4.98 Å². The van der Waals surface area contributed by atoms with Gasteiger partial charge in [-0.15, -0.1) is 11.3 Å². The number of halogens is 2. The molecular formula is C27H26F2N4O2S. The van der Waals surface area contributed by atoms with Crippen LogP contribution in [0.3, 0.4) is 0 Å². The molecular weight excluding hydrogens is 482 g/mol. The van der Waals surface area contributed by atoms with Crippen molar-refractivity contribution in [2.24, 2.45) is 0 Å². The second-order valence-corrected chi connectivity index (χ2v) is 10.9. The number of aromatic nitrogens is 3. The number of hydrogen-bond acceptors (Lipinski definition) is 6. The number of pyridine rings is 1. The van der Waals surface area contributed by atoms with Crippen LogP contribution in [0.2, 0.25) is 0 Å². The summed E-state index contributed by atoms with van der Waals surface area (Å²) in [6.07, 6.45) is 3.42. The first kappa shape index (κ1) is 24.1. The Kier molecular flexibility index (Phi) is 6.12. The third-order valence-electron chi connectivity index (χ3n) is 5.96. The first-order valence-electron chi connectivity index (χ1n) is 11.7. The lowest BCUT2D eigenvalue weighted by Gasteiger charge is -2.29. The van der Waals surface area contributed by atoms with E-state index in [1.165, 1.54) is 22.8 Å². The molecule has 0 aliphatic carbocycles. The van der Waals surface area contributed by atoms with Crippen molar-refractivity contribution in [2.45, 2.75) is 46.3 Å². The molecule has 0 saturated heterocycles. The molecule has 0 bridgehead atoms. The van der Waals surface area contributed by atoms with Gasteiger partial charge in [-0.2, -0.15) is 0 Å². The fourth-order valence-corrected chi connectivity index (χ4v) is 5.35. The summed E-state index contributed by atoms with van der Waals surface area (Å²) in [6, 6.07) is 9.22. The van der Waals surface area contributed by atoms with Gasteiger partial charge in [0.2, 0.25) is 0 Å². The van der Waals surface area contributed by atoms with E-state index < -0.39 is 23.3 Å². The van der Waals surface area contributed by atoms with Gasteiger partial charge in [-0.05, 0) is 70.0 Å². The van der Waals surface area contributed by atoms with Gasteiger partial charge in [-0.25, -0.2) is 23.1 Å². The second-order valence-electron chi connectivity index (χ2n) is 9.73. The third kappa shape index (κ3) is 4.51. The van der Waals surface area contributed by atoms with Crippen LogP contribution in [-0.4, -0.2) is 32.8 Å². The fraction of sp³-hybridized carbons (Fsp3) is 0.296. The number of carbonyl (C=O) groups excluding carboxylic acids is 1. The molecule has 0 saturated carbocycles. The van der Waals surface area contributed by atoms with E-state index in [1.54, 1.807) is 50.6 Å². The lowest BCUT2D eigenvalue weighted by Crippen LogP contribution is -2.34. The Balaban J connectivity index is 1.58. The topological polar surface area (TPSA) is 60.2 Å². The molecule has 0 N–H and O–H groups in total. The number of rotatable bonds is 3. The van der Waals surface area contributed by atoms with E-state index in [-0.39, 0.29) is 11.3 Å². The summed E-state index contributed by atoms with van der Waals surface area (Å²) in [4.78, 5) is 25.5. The molecule has 0 atom stereocenters. The molecule has 0 amide bonds. The lowest BCUT2D eigenvalue weighted by molar-refractivity contribution is 0.0535. The minimum absolute atomic E-state index is 0.151.